The molecule has 2 rings (SSSR count). The van der Waals surface area contributed by atoms with Gasteiger partial charge >= 0.3 is 0 Å². The lowest BCUT2D eigenvalue weighted by Crippen LogP contribution is -2.33. The van der Waals surface area contributed by atoms with Crippen molar-refractivity contribution in [2.45, 2.75) is 32.4 Å². The monoisotopic (exact) mass is 251 g/mol. The minimum atomic E-state index is -0.449. The van der Waals surface area contributed by atoms with Crippen LogP contribution in [0.2, 0.25) is 0 Å². The number of carbonyl (C=O) groups is 1. The van der Waals surface area contributed by atoms with Gasteiger partial charge in [-0.05, 0) is 18.9 Å². The van der Waals surface area contributed by atoms with Gasteiger partial charge in [0.15, 0.2) is 0 Å². The Morgan fingerprint density at radius 3 is 2.94 bits per heavy atom. The number of aromatic nitrogens is 2. The van der Waals surface area contributed by atoms with Gasteiger partial charge in [0.25, 0.3) is 11.5 Å². The number of amides is 1. The van der Waals surface area contributed by atoms with E-state index in [0.29, 0.717) is 26.1 Å². The van der Waals surface area contributed by atoms with Crippen molar-refractivity contribution in [3.8, 4) is 0 Å². The largest absolute Gasteiger partial charge is 0.391 e. The van der Waals surface area contributed by atoms with Gasteiger partial charge in [0.2, 0.25) is 0 Å². The number of aryl methyl sites for hydroxylation is 1. The number of likely N-dealkylation sites (tertiary alicyclic amines) is 1. The van der Waals surface area contributed by atoms with E-state index in [-0.39, 0.29) is 17.2 Å². The van der Waals surface area contributed by atoms with Crippen LogP contribution in [0.3, 0.4) is 0 Å². The van der Waals surface area contributed by atoms with Gasteiger partial charge < -0.3 is 10.0 Å². The first-order valence-electron chi connectivity index (χ1n) is 6.17. The van der Waals surface area contributed by atoms with E-state index in [1.54, 1.807) is 4.90 Å². The molecule has 0 saturated carbocycles. The van der Waals surface area contributed by atoms with Crippen molar-refractivity contribution in [2.24, 2.45) is 0 Å². The molecule has 1 atom stereocenters. The van der Waals surface area contributed by atoms with Gasteiger partial charge in [0, 0.05) is 25.7 Å². The van der Waals surface area contributed by atoms with Crippen LogP contribution < -0.4 is 5.56 Å². The molecule has 1 saturated heterocycles. The molecular weight excluding hydrogens is 234 g/mol. The molecule has 0 radical (unpaired) electrons. The zero-order chi connectivity index (χ0) is 13.1. The van der Waals surface area contributed by atoms with Crippen LogP contribution in [0.4, 0.5) is 0 Å². The normalized spacial score (nSPS) is 19.2. The van der Waals surface area contributed by atoms with Crippen LogP contribution in [0.5, 0.6) is 0 Å². The summed E-state index contributed by atoms with van der Waals surface area (Å²) in [6.07, 6.45) is 0.934. The van der Waals surface area contributed by atoms with Crippen LogP contribution in [0, 0.1) is 0 Å². The van der Waals surface area contributed by atoms with Gasteiger partial charge in [-0.2, -0.15) is 5.10 Å². The minimum absolute atomic E-state index is 0.199. The summed E-state index contributed by atoms with van der Waals surface area (Å²) in [6.45, 7) is 3.32. The molecule has 6 nitrogen and oxygen atoms in total. The zero-order valence-electron chi connectivity index (χ0n) is 10.4. The van der Waals surface area contributed by atoms with E-state index in [2.05, 4.69) is 5.10 Å². The van der Waals surface area contributed by atoms with Crippen molar-refractivity contribution in [3.05, 3.63) is 28.2 Å². The Hall–Kier alpha value is -1.69. The molecule has 1 aromatic heterocycles. The molecule has 18 heavy (non-hydrogen) atoms. The Morgan fingerprint density at radius 1 is 1.56 bits per heavy atom. The zero-order valence-corrected chi connectivity index (χ0v) is 10.4. The van der Waals surface area contributed by atoms with E-state index in [9.17, 15) is 14.7 Å². The fourth-order valence-corrected chi connectivity index (χ4v) is 2.02. The third kappa shape index (κ3) is 2.59. The van der Waals surface area contributed by atoms with Crippen molar-refractivity contribution in [1.29, 1.82) is 0 Å². The molecular formula is C12H17N3O3. The SMILES string of the molecule is CCCn1nc(C(=O)N2CCC(O)C2)ccc1=O. The highest BCUT2D eigenvalue weighted by Crippen LogP contribution is 2.11. The number of β-amino-alcohol motifs (C(OH)–C–C–N with tert-alkyl or cyclic N) is 1. The molecule has 2 heterocycles. The fourth-order valence-electron chi connectivity index (χ4n) is 2.02. The average Bonchev–Trinajstić information content (AvgIpc) is 2.78. The minimum Gasteiger partial charge on any atom is -0.391 e. The highest BCUT2D eigenvalue weighted by atomic mass is 16.3. The van der Waals surface area contributed by atoms with Crippen molar-refractivity contribution < 1.29 is 9.90 Å². The Morgan fingerprint density at radius 2 is 2.33 bits per heavy atom. The molecule has 1 fully saturated rings. The summed E-state index contributed by atoms with van der Waals surface area (Å²) >= 11 is 0. The lowest BCUT2D eigenvalue weighted by atomic mass is 10.3. The van der Waals surface area contributed by atoms with Gasteiger partial charge in [-0.3, -0.25) is 9.59 Å². The number of hydrogen-bond donors (Lipinski definition) is 1. The van der Waals surface area contributed by atoms with E-state index in [1.165, 1.54) is 16.8 Å². The van der Waals surface area contributed by atoms with Crippen molar-refractivity contribution in [1.82, 2.24) is 14.7 Å². The van der Waals surface area contributed by atoms with Crippen LogP contribution in [-0.4, -0.2) is 44.9 Å². The molecule has 1 aliphatic rings. The molecule has 6 heteroatoms. The van der Waals surface area contributed by atoms with Gasteiger partial charge in [0.05, 0.1) is 6.10 Å². The molecule has 0 aliphatic carbocycles. The quantitative estimate of drug-likeness (QED) is 0.811. The van der Waals surface area contributed by atoms with Crippen molar-refractivity contribution in [3.63, 3.8) is 0 Å². The molecule has 0 spiro atoms. The van der Waals surface area contributed by atoms with E-state index >= 15 is 0 Å². The number of nitrogens with zero attached hydrogens (tertiary/aromatic N) is 3. The maximum absolute atomic E-state index is 12.1. The van der Waals surface area contributed by atoms with Gasteiger partial charge in [-0.15, -0.1) is 0 Å². The summed E-state index contributed by atoms with van der Waals surface area (Å²) in [7, 11) is 0. The second-order valence-corrected chi connectivity index (χ2v) is 4.47. The Kier molecular flexibility index (Phi) is 3.76. The highest BCUT2D eigenvalue weighted by molar-refractivity contribution is 5.92. The summed E-state index contributed by atoms with van der Waals surface area (Å²) < 4.78 is 1.31. The number of aliphatic hydroxyl groups excluding tert-OH is 1. The second-order valence-electron chi connectivity index (χ2n) is 4.47. The second kappa shape index (κ2) is 5.30. The van der Waals surface area contributed by atoms with Crippen LogP contribution in [-0.2, 0) is 6.54 Å². The van der Waals surface area contributed by atoms with Crippen molar-refractivity contribution in [2.75, 3.05) is 13.1 Å². The summed E-state index contributed by atoms with van der Waals surface area (Å²) in [4.78, 5) is 25.2. The maximum atomic E-state index is 12.1. The van der Waals surface area contributed by atoms with Gasteiger partial charge in [-0.25, -0.2) is 4.68 Å². The lowest BCUT2D eigenvalue weighted by Gasteiger charge is -2.15. The summed E-state index contributed by atoms with van der Waals surface area (Å²) in [5.41, 5.74) is 0.0620. The summed E-state index contributed by atoms with van der Waals surface area (Å²) in [6, 6.07) is 2.81. The van der Waals surface area contributed by atoms with Crippen LogP contribution in [0.1, 0.15) is 30.3 Å². The van der Waals surface area contributed by atoms with E-state index in [1.807, 2.05) is 6.92 Å². The van der Waals surface area contributed by atoms with Crippen LogP contribution in [0.15, 0.2) is 16.9 Å². The predicted molar refractivity (Wildman–Crippen MR) is 65.3 cm³/mol. The molecule has 1 N–H and O–H groups in total. The van der Waals surface area contributed by atoms with Gasteiger partial charge in [0.1, 0.15) is 5.69 Å². The Balaban J connectivity index is 2.20. The van der Waals surface area contributed by atoms with E-state index < -0.39 is 6.10 Å². The van der Waals surface area contributed by atoms with Crippen LogP contribution in [0.25, 0.3) is 0 Å². The van der Waals surface area contributed by atoms with E-state index in [0.717, 1.165) is 6.42 Å². The van der Waals surface area contributed by atoms with Crippen LogP contribution >= 0.6 is 0 Å². The molecule has 1 unspecified atom stereocenters. The lowest BCUT2D eigenvalue weighted by molar-refractivity contribution is 0.0756. The molecule has 0 aromatic carbocycles. The standard InChI is InChI=1S/C12H17N3O3/c1-2-6-15-11(17)4-3-10(13-15)12(18)14-7-5-9(16)8-14/h3-4,9,16H,2,5-8H2,1H3. The first-order chi connectivity index (χ1) is 8.61. The number of hydrogen-bond acceptors (Lipinski definition) is 4. The third-order valence-corrected chi connectivity index (χ3v) is 2.97. The topological polar surface area (TPSA) is 75.4 Å². The van der Waals surface area contributed by atoms with Crippen molar-refractivity contribution >= 4 is 5.91 Å². The first-order valence-corrected chi connectivity index (χ1v) is 6.17. The average molecular weight is 251 g/mol. The Labute approximate surface area is 105 Å². The molecule has 1 aromatic rings. The molecule has 1 amide bonds. The Bertz CT molecular complexity index is 498. The number of carbonyl (C=O) groups excluding carboxylic acids is 1. The number of aliphatic hydroxyl groups is 1. The molecule has 0 bridgehead atoms. The number of rotatable bonds is 3. The summed E-state index contributed by atoms with van der Waals surface area (Å²) in [5, 5.41) is 13.5. The van der Waals surface area contributed by atoms with E-state index in [4.69, 9.17) is 0 Å². The molecule has 1 aliphatic heterocycles. The fraction of sp³-hybridized carbons (Fsp3) is 0.583. The first kappa shape index (κ1) is 12.8. The maximum Gasteiger partial charge on any atom is 0.274 e. The third-order valence-electron chi connectivity index (χ3n) is 2.97. The summed E-state index contributed by atoms with van der Waals surface area (Å²) in [5.74, 6) is -0.226. The highest BCUT2D eigenvalue weighted by Gasteiger charge is 2.26. The smallest absolute Gasteiger partial charge is 0.274 e. The predicted octanol–water partition coefficient (Wildman–Crippen LogP) is -0.140. The molecule has 98 valence electrons. The van der Waals surface area contributed by atoms with Gasteiger partial charge in [-0.1, -0.05) is 6.92 Å².